The molecule has 1 fully saturated rings. The molecule has 1 atom stereocenters. The number of carbonyl (C=O) groups is 1. The molecule has 4 heteroatoms. The summed E-state index contributed by atoms with van der Waals surface area (Å²) in [6.45, 7) is 7.35. The van der Waals surface area contributed by atoms with Gasteiger partial charge >= 0.3 is 6.09 Å². The van der Waals surface area contributed by atoms with Crippen molar-refractivity contribution in [2.75, 3.05) is 27.2 Å². The molecule has 0 saturated carbocycles. The molecule has 0 N–H and O–H groups in total. The number of ether oxygens (including phenoxy) is 1. The molecule has 100 valence electrons. The molecule has 4 nitrogen and oxygen atoms in total. The molecule has 0 spiro atoms. The van der Waals surface area contributed by atoms with Crippen LogP contribution in [0.1, 0.15) is 40.0 Å². The number of amides is 1. The van der Waals surface area contributed by atoms with E-state index in [9.17, 15) is 4.79 Å². The highest BCUT2D eigenvalue weighted by atomic mass is 16.6. The Morgan fingerprint density at radius 2 is 1.88 bits per heavy atom. The van der Waals surface area contributed by atoms with E-state index in [0.29, 0.717) is 6.04 Å². The lowest BCUT2D eigenvalue weighted by atomic mass is 10.1. The fraction of sp³-hybridized carbons (Fsp3) is 0.923. The molecule has 1 heterocycles. The molecule has 1 amide bonds. The van der Waals surface area contributed by atoms with E-state index in [1.54, 1.807) is 0 Å². The van der Waals surface area contributed by atoms with E-state index in [2.05, 4.69) is 19.0 Å². The Labute approximate surface area is 105 Å². The van der Waals surface area contributed by atoms with Crippen LogP contribution in [0.4, 0.5) is 4.79 Å². The van der Waals surface area contributed by atoms with E-state index in [0.717, 1.165) is 32.4 Å². The summed E-state index contributed by atoms with van der Waals surface area (Å²) in [6, 6.07) is 0.586. The average molecular weight is 242 g/mol. The van der Waals surface area contributed by atoms with Crippen molar-refractivity contribution in [2.45, 2.75) is 51.7 Å². The van der Waals surface area contributed by atoms with Crippen LogP contribution in [0.15, 0.2) is 0 Å². The van der Waals surface area contributed by atoms with Gasteiger partial charge in [0.2, 0.25) is 0 Å². The average Bonchev–Trinajstić information content (AvgIpc) is 2.39. The van der Waals surface area contributed by atoms with Crippen LogP contribution in [0.2, 0.25) is 0 Å². The van der Waals surface area contributed by atoms with Gasteiger partial charge in [-0.15, -0.1) is 0 Å². The van der Waals surface area contributed by atoms with Gasteiger partial charge in [0.05, 0.1) is 0 Å². The van der Waals surface area contributed by atoms with Crippen molar-refractivity contribution in [3.05, 3.63) is 0 Å². The minimum atomic E-state index is -0.398. The summed E-state index contributed by atoms with van der Waals surface area (Å²) in [5, 5.41) is 0. The molecule has 0 aliphatic carbocycles. The number of likely N-dealkylation sites (tertiary alicyclic amines) is 1. The largest absolute Gasteiger partial charge is 0.444 e. The van der Waals surface area contributed by atoms with Gasteiger partial charge in [0.1, 0.15) is 5.60 Å². The third-order valence-electron chi connectivity index (χ3n) is 3.08. The molecule has 0 bridgehead atoms. The molecular weight excluding hydrogens is 216 g/mol. The third kappa shape index (κ3) is 4.94. The van der Waals surface area contributed by atoms with Gasteiger partial charge in [0.25, 0.3) is 0 Å². The molecule has 0 radical (unpaired) electrons. The topological polar surface area (TPSA) is 32.8 Å². The van der Waals surface area contributed by atoms with Crippen molar-refractivity contribution in [3.63, 3.8) is 0 Å². The van der Waals surface area contributed by atoms with Gasteiger partial charge < -0.3 is 14.5 Å². The second-order valence-corrected chi connectivity index (χ2v) is 6.02. The highest BCUT2D eigenvalue weighted by molar-refractivity contribution is 5.68. The molecule has 1 saturated heterocycles. The smallest absolute Gasteiger partial charge is 0.410 e. The first-order chi connectivity index (χ1) is 7.79. The van der Waals surface area contributed by atoms with Crippen molar-refractivity contribution in [2.24, 2.45) is 0 Å². The minimum Gasteiger partial charge on any atom is -0.444 e. The van der Waals surface area contributed by atoms with Gasteiger partial charge in [-0.25, -0.2) is 4.79 Å². The lowest BCUT2D eigenvalue weighted by Crippen LogP contribution is -2.38. The fourth-order valence-electron chi connectivity index (χ4n) is 2.10. The second-order valence-electron chi connectivity index (χ2n) is 6.02. The molecule has 1 aliphatic heterocycles. The third-order valence-corrected chi connectivity index (χ3v) is 3.08. The van der Waals surface area contributed by atoms with Crippen LogP contribution >= 0.6 is 0 Å². The normalized spacial score (nSPS) is 22.5. The van der Waals surface area contributed by atoms with Crippen LogP contribution in [0.25, 0.3) is 0 Å². The van der Waals surface area contributed by atoms with Gasteiger partial charge in [-0.1, -0.05) is 0 Å². The monoisotopic (exact) mass is 242 g/mol. The van der Waals surface area contributed by atoms with Gasteiger partial charge in [-0.05, 0) is 54.1 Å². The maximum absolute atomic E-state index is 11.9. The summed E-state index contributed by atoms with van der Waals surface area (Å²) in [6.07, 6.45) is 3.08. The van der Waals surface area contributed by atoms with Gasteiger partial charge in [0.15, 0.2) is 0 Å². The van der Waals surface area contributed by atoms with E-state index in [1.165, 1.54) is 0 Å². The zero-order chi connectivity index (χ0) is 13.1. The molecule has 0 aromatic rings. The summed E-state index contributed by atoms with van der Waals surface area (Å²) in [7, 11) is 4.21. The Hall–Kier alpha value is -0.770. The predicted octanol–water partition coefficient (Wildman–Crippen LogP) is 2.34. The number of rotatable bonds is 1. The van der Waals surface area contributed by atoms with E-state index in [4.69, 9.17) is 4.74 Å². The molecule has 0 aromatic heterocycles. The molecule has 1 aliphatic rings. The SMILES string of the molecule is CN(C)C1CCCN(C(=O)OC(C)(C)C)CC1. The van der Waals surface area contributed by atoms with Gasteiger partial charge in [0, 0.05) is 19.1 Å². The highest BCUT2D eigenvalue weighted by Crippen LogP contribution is 2.17. The van der Waals surface area contributed by atoms with Crippen LogP contribution in [0.3, 0.4) is 0 Å². The lowest BCUT2D eigenvalue weighted by molar-refractivity contribution is 0.0254. The van der Waals surface area contributed by atoms with Crippen molar-refractivity contribution >= 4 is 6.09 Å². The van der Waals surface area contributed by atoms with E-state index in [1.807, 2.05) is 25.7 Å². The van der Waals surface area contributed by atoms with Gasteiger partial charge in [-0.3, -0.25) is 0 Å². The molecule has 1 rings (SSSR count). The summed E-state index contributed by atoms with van der Waals surface area (Å²) in [5.74, 6) is 0. The second kappa shape index (κ2) is 5.71. The first-order valence-electron chi connectivity index (χ1n) is 6.44. The van der Waals surface area contributed by atoms with Gasteiger partial charge in [-0.2, -0.15) is 0 Å². The molecule has 17 heavy (non-hydrogen) atoms. The van der Waals surface area contributed by atoms with Crippen molar-refractivity contribution in [3.8, 4) is 0 Å². The van der Waals surface area contributed by atoms with E-state index < -0.39 is 5.60 Å². The number of nitrogens with zero attached hydrogens (tertiary/aromatic N) is 2. The maximum Gasteiger partial charge on any atom is 0.410 e. The standard InChI is InChI=1S/C13H26N2O2/c1-13(2,3)17-12(16)15-9-6-7-11(8-10-15)14(4)5/h11H,6-10H2,1-5H3. The van der Waals surface area contributed by atoms with Crippen LogP contribution in [0.5, 0.6) is 0 Å². The molecular formula is C13H26N2O2. The zero-order valence-electron chi connectivity index (χ0n) is 11.8. The number of hydrogen-bond acceptors (Lipinski definition) is 3. The first kappa shape index (κ1) is 14.3. The van der Waals surface area contributed by atoms with Crippen molar-refractivity contribution in [1.82, 2.24) is 9.80 Å². The summed E-state index contributed by atoms with van der Waals surface area (Å²) in [4.78, 5) is 16.0. The Kier molecular flexibility index (Phi) is 4.80. The van der Waals surface area contributed by atoms with E-state index in [-0.39, 0.29) is 6.09 Å². The summed E-state index contributed by atoms with van der Waals surface area (Å²) < 4.78 is 5.40. The van der Waals surface area contributed by atoms with Crippen LogP contribution in [-0.4, -0.2) is 54.7 Å². The van der Waals surface area contributed by atoms with Crippen LogP contribution in [-0.2, 0) is 4.74 Å². The lowest BCUT2D eigenvalue weighted by Gasteiger charge is -2.27. The van der Waals surface area contributed by atoms with Crippen LogP contribution in [0, 0.1) is 0 Å². The number of carbonyl (C=O) groups excluding carboxylic acids is 1. The van der Waals surface area contributed by atoms with Crippen LogP contribution < -0.4 is 0 Å². The Balaban J connectivity index is 2.48. The van der Waals surface area contributed by atoms with Crippen molar-refractivity contribution in [1.29, 1.82) is 0 Å². The summed E-state index contributed by atoms with van der Waals surface area (Å²) >= 11 is 0. The van der Waals surface area contributed by atoms with Crippen molar-refractivity contribution < 1.29 is 9.53 Å². The predicted molar refractivity (Wildman–Crippen MR) is 69.1 cm³/mol. The zero-order valence-corrected chi connectivity index (χ0v) is 11.8. The molecule has 0 aromatic carbocycles. The first-order valence-corrected chi connectivity index (χ1v) is 6.44. The fourth-order valence-corrected chi connectivity index (χ4v) is 2.10. The minimum absolute atomic E-state index is 0.170. The Bertz CT molecular complexity index is 259. The molecule has 1 unspecified atom stereocenters. The highest BCUT2D eigenvalue weighted by Gasteiger charge is 2.25. The maximum atomic E-state index is 11.9. The summed E-state index contributed by atoms with van der Waals surface area (Å²) in [5.41, 5.74) is -0.398. The number of hydrogen-bond donors (Lipinski definition) is 0. The quantitative estimate of drug-likeness (QED) is 0.707. The Morgan fingerprint density at radius 3 is 2.41 bits per heavy atom. The van der Waals surface area contributed by atoms with E-state index >= 15 is 0 Å². The Morgan fingerprint density at radius 1 is 1.24 bits per heavy atom.